The predicted octanol–water partition coefficient (Wildman–Crippen LogP) is 3.94. The van der Waals surface area contributed by atoms with Crippen LogP contribution < -0.4 is 19.9 Å². The molecule has 0 fully saturated rings. The van der Waals surface area contributed by atoms with Gasteiger partial charge in [-0.2, -0.15) is 15.0 Å². The van der Waals surface area contributed by atoms with E-state index in [1.165, 1.54) is 16.7 Å². The van der Waals surface area contributed by atoms with Crippen LogP contribution in [0.5, 0.6) is 5.75 Å². The first-order valence-electron chi connectivity index (χ1n) is 11.4. The van der Waals surface area contributed by atoms with Crippen LogP contribution in [0, 0.1) is 0 Å². The third kappa shape index (κ3) is 5.10. The Morgan fingerprint density at radius 1 is 0.969 bits per heavy atom. The zero-order chi connectivity index (χ0) is 22.3. The molecule has 0 amide bonds. The smallest absolute Gasteiger partial charge is 0.232 e. The van der Waals surface area contributed by atoms with Crippen molar-refractivity contribution < 1.29 is 4.74 Å². The Hall–Kier alpha value is -3.35. The highest BCUT2D eigenvalue weighted by atomic mass is 16.5. The lowest BCUT2D eigenvalue weighted by Crippen LogP contribution is -2.33. The fourth-order valence-electron chi connectivity index (χ4n) is 4.00. The molecule has 2 heterocycles. The summed E-state index contributed by atoms with van der Waals surface area (Å²) < 4.78 is 5.24. The lowest BCUT2D eigenvalue weighted by molar-refractivity contribution is 0.414. The quantitative estimate of drug-likeness (QED) is 0.549. The van der Waals surface area contributed by atoms with Gasteiger partial charge in [0, 0.05) is 32.7 Å². The van der Waals surface area contributed by atoms with Crippen LogP contribution in [0.3, 0.4) is 0 Å². The van der Waals surface area contributed by atoms with Crippen molar-refractivity contribution in [1.29, 1.82) is 0 Å². The summed E-state index contributed by atoms with van der Waals surface area (Å²) in [5.41, 5.74) is 4.00. The molecular formula is C25H32N6O. The maximum atomic E-state index is 5.24. The van der Waals surface area contributed by atoms with Gasteiger partial charge in [-0.25, -0.2) is 0 Å². The van der Waals surface area contributed by atoms with Crippen molar-refractivity contribution in [1.82, 2.24) is 15.0 Å². The van der Waals surface area contributed by atoms with Crippen LogP contribution in [0.4, 0.5) is 17.8 Å². The molecule has 2 aromatic carbocycles. The van der Waals surface area contributed by atoms with Crippen molar-refractivity contribution in [3.05, 3.63) is 65.2 Å². The molecule has 0 unspecified atom stereocenters. The second kappa shape index (κ2) is 10.3. The Labute approximate surface area is 190 Å². The van der Waals surface area contributed by atoms with Gasteiger partial charge in [-0.05, 0) is 55.5 Å². The minimum atomic E-state index is 0.629. The average molecular weight is 433 g/mol. The largest absolute Gasteiger partial charge is 0.497 e. The number of nitrogens with zero attached hydrogens (tertiary/aromatic N) is 5. The first-order chi connectivity index (χ1) is 15.7. The number of methoxy groups -OCH3 is 1. The van der Waals surface area contributed by atoms with E-state index in [0.717, 1.165) is 63.2 Å². The van der Waals surface area contributed by atoms with Crippen molar-refractivity contribution in [2.24, 2.45) is 0 Å². The maximum absolute atomic E-state index is 5.24. The summed E-state index contributed by atoms with van der Waals surface area (Å²) in [5, 5.41) is 3.42. The number of aromatic nitrogens is 3. The fraction of sp³-hybridized carbons (Fsp3) is 0.400. The van der Waals surface area contributed by atoms with Crippen molar-refractivity contribution in [3.8, 4) is 5.75 Å². The molecule has 0 spiro atoms. The first-order valence-corrected chi connectivity index (χ1v) is 11.4. The standard InChI is InChI=1S/C25H32N6O/c1-4-30(5-2)24-27-23(26-16-14-19-10-12-22(32-3)13-11-19)28-25(29-24)31-17-15-20-8-6-7-9-21(20)18-31/h6-13H,4-5,14-18H2,1-3H3,(H,26,27,28,29). The SMILES string of the molecule is CCN(CC)c1nc(NCCc2ccc(OC)cc2)nc(N2CCc3ccccc3C2)n1. The number of anilines is 3. The lowest BCUT2D eigenvalue weighted by atomic mass is 10.0. The van der Waals surface area contributed by atoms with Crippen LogP contribution in [-0.2, 0) is 19.4 Å². The van der Waals surface area contributed by atoms with Crippen LogP contribution in [0.2, 0.25) is 0 Å². The van der Waals surface area contributed by atoms with Gasteiger partial charge in [0.25, 0.3) is 0 Å². The summed E-state index contributed by atoms with van der Waals surface area (Å²) in [7, 11) is 1.68. The predicted molar refractivity (Wildman–Crippen MR) is 130 cm³/mol. The van der Waals surface area contributed by atoms with Gasteiger partial charge >= 0.3 is 0 Å². The van der Waals surface area contributed by atoms with E-state index in [-0.39, 0.29) is 0 Å². The molecule has 0 bridgehead atoms. The van der Waals surface area contributed by atoms with Crippen LogP contribution >= 0.6 is 0 Å². The van der Waals surface area contributed by atoms with Crippen molar-refractivity contribution in [3.63, 3.8) is 0 Å². The van der Waals surface area contributed by atoms with Crippen molar-refractivity contribution >= 4 is 17.8 Å². The zero-order valence-electron chi connectivity index (χ0n) is 19.2. The van der Waals surface area contributed by atoms with E-state index in [4.69, 9.17) is 19.7 Å². The second-order valence-electron chi connectivity index (χ2n) is 7.90. The maximum Gasteiger partial charge on any atom is 0.232 e. The Morgan fingerprint density at radius 2 is 1.72 bits per heavy atom. The summed E-state index contributed by atoms with van der Waals surface area (Å²) in [6.45, 7) is 8.44. The van der Waals surface area contributed by atoms with Crippen molar-refractivity contribution in [2.45, 2.75) is 33.2 Å². The third-order valence-corrected chi connectivity index (χ3v) is 5.93. The van der Waals surface area contributed by atoms with Crippen molar-refractivity contribution in [2.75, 3.05) is 48.4 Å². The summed E-state index contributed by atoms with van der Waals surface area (Å²) in [5.74, 6) is 2.97. The Kier molecular flexibility index (Phi) is 7.04. The minimum absolute atomic E-state index is 0.629. The van der Waals surface area contributed by atoms with Gasteiger partial charge in [0.2, 0.25) is 17.8 Å². The highest BCUT2D eigenvalue weighted by Gasteiger charge is 2.21. The fourth-order valence-corrected chi connectivity index (χ4v) is 4.00. The van der Waals surface area contributed by atoms with Gasteiger partial charge in [0.1, 0.15) is 5.75 Å². The van der Waals surface area contributed by atoms with E-state index in [1.54, 1.807) is 7.11 Å². The van der Waals surface area contributed by atoms with Gasteiger partial charge in [-0.3, -0.25) is 0 Å². The Morgan fingerprint density at radius 3 is 2.44 bits per heavy atom. The third-order valence-electron chi connectivity index (χ3n) is 5.93. The number of hydrogen-bond donors (Lipinski definition) is 1. The molecule has 3 aromatic rings. The number of rotatable bonds is 9. The van der Waals surface area contributed by atoms with Gasteiger partial charge in [-0.1, -0.05) is 36.4 Å². The number of nitrogens with one attached hydrogen (secondary N) is 1. The molecule has 1 N–H and O–H groups in total. The lowest BCUT2D eigenvalue weighted by Gasteiger charge is -2.30. The molecule has 0 saturated carbocycles. The molecule has 0 aliphatic carbocycles. The molecule has 168 valence electrons. The molecule has 1 aromatic heterocycles. The molecule has 1 aliphatic heterocycles. The Balaban J connectivity index is 1.51. The van der Waals surface area contributed by atoms with Gasteiger partial charge in [0.15, 0.2) is 0 Å². The summed E-state index contributed by atoms with van der Waals surface area (Å²) in [6.07, 6.45) is 1.88. The van der Waals surface area contributed by atoms with E-state index in [1.807, 2.05) is 12.1 Å². The molecule has 4 rings (SSSR count). The minimum Gasteiger partial charge on any atom is -0.497 e. The van der Waals surface area contributed by atoms with E-state index >= 15 is 0 Å². The summed E-state index contributed by atoms with van der Waals surface area (Å²) >= 11 is 0. The molecule has 0 atom stereocenters. The molecular weight excluding hydrogens is 400 g/mol. The van der Waals surface area contributed by atoms with Crippen LogP contribution in [0.15, 0.2) is 48.5 Å². The Bertz CT molecular complexity index is 1020. The van der Waals surface area contributed by atoms with Gasteiger partial charge in [0.05, 0.1) is 7.11 Å². The van der Waals surface area contributed by atoms with E-state index < -0.39 is 0 Å². The number of fused-ring (bicyclic) bond motifs is 1. The van der Waals surface area contributed by atoms with Crippen LogP contribution in [0.25, 0.3) is 0 Å². The van der Waals surface area contributed by atoms with Gasteiger partial charge in [-0.15, -0.1) is 0 Å². The first kappa shape index (κ1) is 21.9. The highest BCUT2D eigenvalue weighted by molar-refractivity contribution is 5.47. The van der Waals surface area contributed by atoms with Gasteiger partial charge < -0.3 is 19.9 Å². The monoisotopic (exact) mass is 432 g/mol. The van der Waals surface area contributed by atoms with E-state index in [0.29, 0.717) is 5.95 Å². The molecule has 7 heteroatoms. The molecule has 0 saturated heterocycles. The molecule has 7 nitrogen and oxygen atoms in total. The number of benzene rings is 2. The van der Waals surface area contributed by atoms with Crippen LogP contribution in [0.1, 0.15) is 30.5 Å². The van der Waals surface area contributed by atoms with Crippen LogP contribution in [-0.4, -0.2) is 48.2 Å². The summed E-state index contributed by atoms with van der Waals surface area (Å²) in [4.78, 5) is 18.8. The zero-order valence-corrected chi connectivity index (χ0v) is 19.2. The second-order valence-corrected chi connectivity index (χ2v) is 7.90. The highest BCUT2D eigenvalue weighted by Crippen LogP contribution is 2.24. The molecule has 32 heavy (non-hydrogen) atoms. The average Bonchev–Trinajstić information content (AvgIpc) is 2.85. The topological polar surface area (TPSA) is 66.4 Å². The molecule has 1 aliphatic rings. The number of ether oxygens (including phenoxy) is 1. The summed E-state index contributed by atoms with van der Waals surface area (Å²) in [6, 6.07) is 16.8. The number of hydrogen-bond acceptors (Lipinski definition) is 7. The van der Waals surface area contributed by atoms with E-state index in [9.17, 15) is 0 Å². The van der Waals surface area contributed by atoms with E-state index in [2.05, 4.69) is 65.4 Å². The molecule has 0 radical (unpaired) electrons. The normalized spacial score (nSPS) is 12.9.